The highest BCUT2D eigenvalue weighted by molar-refractivity contribution is 5.91. The molecule has 0 saturated heterocycles. The maximum Gasteiger partial charge on any atom is 0.343 e. The van der Waals surface area contributed by atoms with Crippen molar-refractivity contribution in [3.05, 3.63) is 72.1 Å². The molecule has 0 radical (unpaired) electrons. The highest BCUT2D eigenvalue weighted by Gasteiger charge is 2.18. The van der Waals surface area contributed by atoms with Crippen molar-refractivity contribution in [2.75, 3.05) is 6.61 Å². The van der Waals surface area contributed by atoms with Crippen LogP contribution in [0.1, 0.15) is 68.6 Å². The molecule has 0 aromatic heterocycles. The van der Waals surface area contributed by atoms with E-state index in [9.17, 15) is 9.18 Å². The molecule has 0 atom stereocenters. The van der Waals surface area contributed by atoms with Gasteiger partial charge < -0.3 is 9.47 Å². The molecule has 0 bridgehead atoms. The molecule has 1 fully saturated rings. The van der Waals surface area contributed by atoms with Crippen LogP contribution in [0.15, 0.2) is 60.7 Å². The zero-order valence-corrected chi connectivity index (χ0v) is 18.4. The predicted molar refractivity (Wildman–Crippen MR) is 122 cm³/mol. The molecule has 166 valence electrons. The average molecular weight is 425 g/mol. The van der Waals surface area contributed by atoms with Crippen molar-refractivity contribution in [1.29, 1.82) is 0 Å². The highest BCUT2D eigenvalue weighted by atomic mass is 19.1. The monoisotopic (exact) mass is 424 g/mol. The van der Waals surface area contributed by atoms with E-state index in [1.54, 1.807) is 24.3 Å². The summed E-state index contributed by atoms with van der Waals surface area (Å²) in [5.41, 5.74) is 0.419. The summed E-state index contributed by atoms with van der Waals surface area (Å²) in [6.07, 6.45) is 15.2. The van der Waals surface area contributed by atoms with E-state index < -0.39 is 5.97 Å². The van der Waals surface area contributed by atoms with Gasteiger partial charge in [0.1, 0.15) is 23.9 Å². The Kier molecular flexibility index (Phi) is 9.14. The third kappa shape index (κ3) is 7.86. The Morgan fingerprint density at radius 1 is 0.968 bits per heavy atom. The van der Waals surface area contributed by atoms with Gasteiger partial charge in [0.2, 0.25) is 0 Å². The number of esters is 1. The van der Waals surface area contributed by atoms with Gasteiger partial charge in [0.15, 0.2) is 0 Å². The van der Waals surface area contributed by atoms with Crippen LogP contribution in [-0.4, -0.2) is 12.6 Å². The molecule has 2 aromatic carbocycles. The van der Waals surface area contributed by atoms with Crippen molar-refractivity contribution in [3.8, 4) is 11.5 Å². The number of halogens is 1. The largest absolute Gasteiger partial charge is 0.490 e. The lowest BCUT2D eigenvalue weighted by Gasteiger charge is -2.26. The van der Waals surface area contributed by atoms with E-state index in [0.29, 0.717) is 29.6 Å². The SMILES string of the molecule is CCCCC[C@H]1CC[C@H](/C=C/COc2ccc(C(=O)Oc3ccc(F)cc3)cc2)CC1. The van der Waals surface area contributed by atoms with Gasteiger partial charge in [-0.3, -0.25) is 0 Å². The fourth-order valence-electron chi connectivity index (χ4n) is 4.10. The molecule has 3 rings (SSSR count). The van der Waals surface area contributed by atoms with E-state index in [0.717, 1.165) is 5.92 Å². The molecule has 2 aromatic rings. The first-order chi connectivity index (χ1) is 15.1. The minimum atomic E-state index is -0.483. The van der Waals surface area contributed by atoms with Gasteiger partial charge in [-0.05, 0) is 86.1 Å². The Labute approximate surface area is 185 Å². The first kappa shape index (κ1) is 23.1. The van der Waals surface area contributed by atoms with Gasteiger partial charge in [-0.2, -0.15) is 0 Å². The van der Waals surface area contributed by atoms with Gasteiger partial charge in [0, 0.05) is 0 Å². The Morgan fingerprint density at radius 2 is 1.65 bits per heavy atom. The molecule has 0 heterocycles. The smallest absolute Gasteiger partial charge is 0.343 e. The summed E-state index contributed by atoms with van der Waals surface area (Å²) in [6.45, 7) is 2.79. The van der Waals surface area contributed by atoms with Crippen LogP contribution < -0.4 is 9.47 Å². The van der Waals surface area contributed by atoms with Crippen LogP contribution in [0.2, 0.25) is 0 Å². The van der Waals surface area contributed by atoms with Crippen LogP contribution in [0.4, 0.5) is 4.39 Å². The summed E-state index contributed by atoms with van der Waals surface area (Å²) in [4.78, 5) is 12.2. The van der Waals surface area contributed by atoms with Crippen LogP contribution >= 0.6 is 0 Å². The number of ether oxygens (including phenoxy) is 2. The fraction of sp³-hybridized carbons (Fsp3) is 0.444. The Morgan fingerprint density at radius 3 is 2.32 bits per heavy atom. The molecule has 31 heavy (non-hydrogen) atoms. The topological polar surface area (TPSA) is 35.5 Å². The number of unbranched alkanes of at least 4 members (excludes halogenated alkanes) is 2. The maximum absolute atomic E-state index is 12.9. The molecule has 0 unspecified atom stereocenters. The van der Waals surface area contributed by atoms with Gasteiger partial charge in [-0.15, -0.1) is 0 Å². The highest BCUT2D eigenvalue weighted by Crippen LogP contribution is 2.32. The number of carbonyl (C=O) groups is 1. The molecule has 4 heteroatoms. The lowest BCUT2D eigenvalue weighted by Crippen LogP contribution is -2.13. The standard InChI is InChI=1S/C27H33FO3/c1-2-3-4-6-21-8-10-22(11-9-21)7-5-20-30-25-16-12-23(13-17-25)27(29)31-26-18-14-24(28)15-19-26/h5,7,12-19,21-22H,2-4,6,8-11,20H2,1H3/b7-5+/t21-,22-. The number of hydrogen-bond acceptors (Lipinski definition) is 3. The molecule has 1 saturated carbocycles. The van der Waals surface area contributed by atoms with Crippen LogP contribution in [0.25, 0.3) is 0 Å². The first-order valence-electron chi connectivity index (χ1n) is 11.5. The van der Waals surface area contributed by atoms with E-state index in [1.165, 1.54) is 75.6 Å². The number of carbonyl (C=O) groups excluding carboxylic acids is 1. The van der Waals surface area contributed by atoms with E-state index >= 15 is 0 Å². The second kappa shape index (κ2) is 12.3. The van der Waals surface area contributed by atoms with Crippen LogP contribution in [0.5, 0.6) is 11.5 Å². The molecular weight excluding hydrogens is 391 g/mol. The molecule has 3 nitrogen and oxygen atoms in total. The summed E-state index contributed by atoms with van der Waals surface area (Å²) in [5.74, 6) is 1.78. The zero-order chi connectivity index (χ0) is 21.9. The molecule has 0 aliphatic heterocycles. The quantitative estimate of drug-likeness (QED) is 0.173. The molecule has 0 N–H and O–H groups in total. The number of allylic oxidation sites excluding steroid dienone is 1. The fourth-order valence-corrected chi connectivity index (χ4v) is 4.10. The van der Waals surface area contributed by atoms with Crippen molar-refractivity contribution in [1.82, 2.24) is 0 Å². The van der Waals surface area contributed by atoms with Gasteiger partial charge in [0.05, 0.1) is 5.56 Å². The predicted octanol–water partition coefficient (Wildman–Crippen LogP) is 7.37. The molecule has 0 amide bonds. The number of rotatable bonds is 10. The molecule has 0 spiro atoms. The number of benzene rings is 2. The molecular formula is C27H33FO3. The average Bonchev–Trinajstić information content (AvgIpc) is 2.80. The lowest BCUT2D eigenvalue weighted by atomic mass is 9.79. The third-order valence-electron chi connectivity index (χ3n) is 5.98. The Balaban J connectivity index is 1.36. The summed E-state index contributed by atoms with van der Waals surface area (Å²) in [7, 11) is 0. The van der Waals surface area contributed by atoms with Crippen molar-refractivity contribution in [2.24, 2.45) is 11.8 Å². The van der Waals surface area contributed by atoms with Crippen molar-refractivity contribution in [3.63, 3.8) is 0 Å². The summed E-state index contributed by atoms with van der Waals surface area (Å²) >= 11 is 0. The van der Waals surface area contributed by atoms with Gasteiger partial charge in [-0.25, -0.2) is 9.18 Å². The van der Waals surface area contributed by atoms with E-state index in [4.69, 9.17) is 9.47 Å². The van der Waals surface area contributed by atoms with Crippen LogP contribution in [-0.2, 0) is 0 Å². The minimum Gasteiger partial charge on any atom is -0.490 e. The van der Waals surface area contributed by atoms with Gasteiger partial charge in [0.25, 0.3) is 0 Å². The minimum absolute atomic E-state index is 0.312. The van der Waals surface area contributed by atoms with Crippen molar-refractivity contribution >= 4 is 5.97 Å². The van der Waals surface area contributed by atoms with Crippen LogP contribution in [0, 0.1) is 17.7 Å². The van der Waals surface area contributed by atoms with Crippen molar-refractivity contribution < 1.29 is 18.7 Å². The Hall–Kier alpha value is -2.62. The molecule has 1 aliphatic carbocycles. The summed E-state index contributed by atoms with van der Waals surface area (Å²) in [6, 6.07) is 12.2. The second-order valence-electron chi connectivity index (χ2n) is 8.38. The normalized spacial score (nSPS) is 18.8. The third-order valence-corrected chi connectivity index (χ3v) is 5.98. The van der Waals surface area contributed by atoms with Crippen molar-refractivity contribution in [2.45, 2.75) is 58.3 Å². The Bertz CT molecular complexity index is 819. The summed E-state index contributed by atoms with van der Waals surface area (Å²) in [5, 5.41) is 0. The van der Waals surface area contributed by atoms with E-state index in [2.05, 4.69) is 19.1 Å². The second-order valence-corrected chi connectivity index (χ2v) is 8.38. The first-order valence-corrected chi connectivity index (χ1v) is 11.5. The summed E-state index contributed by atoms with van der Waals surface area (Å²) < 4.78 is 23.9. The molecule has 1 aliphatic rings. The van der Waals surface area contributed by atoms with Gasteiger partial charge in [-0.1, -0.05) is 44.8 Å². The van der Waals surface area contributed by atoms with E-state index in [-0.39, 0.29) is 5.82 Å². The van der Waals surface area contributed by atoms with E-state index in [1.807, 2.05) is 0 Å². The number of hydrogen-bond donors (Lipinski definition) is 0. The maximum atomic E-state index is 12.9. The van der Waals surface area contributed by atoms with Crippen LogP contribution in [0.3, 0.4) is 0 Å². The lowest BCUT2D eigenvalue weighted by molar-refractivity contribution is 0.0734. The van der Waals surface area contributed by atoms with Gasteiger partial charge >= 0.3 is 5.97 Å². The zero-order valence-electron chi connectivity index (χ0n) is 18.4.